The molecule has 2 aromatic rings. The second-order valence-electron chi connectivity index (χ2n) is 7.29. The highest BCUT2D eigenvalue weighted by atomic mass is 32.1. The number of thiocarbonyl (C=S) groups is 1. The van der Waals surface area contributed by atoms with Gasteiger partial charge in [0.25, 0.3) is 0 Å². The number of hydrazine groups is 2. The molecule has 0 heterocycles. The molecule has 0 spiro atoms. The minimum Gasteiger partial charge on any atom is -0.376 e. The molecule has 0 radical (unpaired) electrons. The molecule has 0 amide bonds. The van der Waals surface area contributed by atoms with E-state index in [1.165, 1.54) is 25.7 Å². The average Bonchev–Trinajstić information content (AvgIpc) is 2.75. The summed E-state index contributed by atoms with van der Waals surface area (Å²) in [5.41, 5.74) is 22.9. The molecule has 0 aromatic heterocycles. The minimum absolute atomic E-state index is 0.312. The van der Waals surface area contributed by atoms with Crippen LogP contribution < -0.4 is 32.3 Å². The van der Waals surface area contributed by atoms with Gasteiger partial charge in [0.1, 0.15) is 0 Å². The number of nitrogens with zero attached hydrogens (tertiary/aromatic N) is 1. The van der Waals surface area contributed by atoms with Crippen molar-refractivity contribution in [3.8, 4) is 0 Å². The molecule has 7 heteroatoms. The summed E-state index contributed by atoms with van der Waals surface area (Å²) in [4.78, 5) is 1.87. The standard InChI is InChI=1S/C23H36N6S/c1-3-5-7-17-25-27-19-9-13-21(14-10-19)29(23(24)30)22-15-11-20(12-16-22)28-26-18-8-6-4-2/h9-16,25-28H,3-8,17-18H2,1-2H3,(H2,24,30). The number of nitrogens with two attached hydrogens (primary N) is 1. The molecule has 0 aliphatic carbocycles. The van der Waals surface area contributed by atoms with Crippen LogP contribution in [0.25, 0.3) is 0 Å². The summed E-state index contributed by atoms with van der Waals surface area (Å²) in [5, 5.41) is 0.312. The molecule has 0 aliphatic heterocycles. The van der Waals surface area contributed by atoms with E-state index in [4.69, 9.17) is 18.0 Å². The second-order valence-corrected chi connectivity index (χ2v) is 7.70. The van der Waals surface area contributed by atoms with E-state index in [0.717, 1.165) is 48.7 Å². The van der Waals surface area contributed by atoms with Crippen molar-refractivity contribution in [3.63, 3.8) is 0 Å². The van der Waals surface area contributed by atoms with Gasteiger partial charge in [-0.15, -0.1) is 0 Å². The Bertz CT molecular complexity index is 675. The lowest BCUT2D eigenvalue weighted by Gasteiger charge is -2.24. The molecule has 0 bridgehead atoms. The van der Waals surface area contributed by atoms with Crippen molar-refractivity contribution < 1.29 is 0 Å². The van der Waals surface area contributed by atoms with E-state index >= 15 is 0 Å². The summed E-state index contributed by atoms with van der Waals surface area (Å²) >= 11 is 5.32. The van der Waals surface area contributed by atoms with Crippen LogP contribution in [0.5, 0.6) is 0 Å². The van der Waals surface area contributed by atoms with Gasteiger partial charge in [0.2, 0.25) is 0 Å². The zero-order valence-corrected chi connectivity index (χ0v) is 19.0. The fraction of sp³-hybridized carbons (Fsp3) is 0.435. The van der Waals surface area contributed by atoms with Crippen molar-refractivity contribution >= 4 is 40.1 Å². The fourth-order valence-corrected chi connectivity index (χ4v) is 3.26. The molecule has 0 unspecified atom stereocenters. The lowest BCUT2D eigenvalue weighted by atomic mass is 10.2. The maximum absolute atomic E-state index is 6.03. The molecule has 0 atom stereocenters. The number of rotatable bonds is 14. The van der Waals surface area contributed by atoms with Gasteiger partial charge in [-0.1, -0.05) is 39.5 Å². The summed E-state index contributed by atoms with van der Waals surface area (Å²) in [6, 6.07) is 16.1. The molecule has 0 saturated heterocycles. The smallest absolute Gasteiger partial charge is 0.175 e. The van der Waals surface area contributed by atoms with Crippen LogP contribution in [0.1, 0.15) is 52.4 Å². The Kier molecular flexibility index (Phi) is 11.0. The third kappa shape index (κ3) is 8.18. The third-order valence-electron chi connectivity index (χ3n) is 4.75. The second kappa shape index (κ2) is 13.8. The maximum Gasteiger partial charge on any atom is 0.175 e. The Morgan fingerprint density at radius 3 is 1.47 bits per heavy atom. The van der Waals surface area contributed by atoms with E-state index in [1.807, 2.05) is 53.4 Å². The highest BCUT2D eigenvalue weighted by Gasteiger charge is 2.12. The minimum atomic E-state index is 0.312. The molecule has 2 rings (SSSR count). The highest BCUT2D eigenvalue weighted by molar-refractivity contribution is 7.80. The summed E-state index contributed by atoms with van der Waals surface area (Å²) in [5.74, 6) is 0. The lowest BCUT2D eigenvalue weighted by Crippen LogP contribution is -2.31. The Balaban J connectivity index is 1.94. The summed E-state index contributed by atoms with van der Waals surface area (Å²) in [7, 11) is 0. The van der Waals surface area contributed by atoms with E-state index in [9.17, 15) is 0 Å². The summed E-state index contributed by atoms with van der Waals surface area (Å²) in [6.45, 7) is 6.30. The molecule has 30 heavy (non-hydrogen) atoms. The lowest BCUT2D eigenvalue weighted by molar-refractivity contribution is 0.662. The molecule has 0 saturated carbocycles. The summed E-state index contributed by atoms with van der Waals surface area (Å²) in [6.07, 6.45) is 7.24. The molecule has 0 aliphatic rings. The van der Waals surface area contributed by atoms with Crippen molar-refractivity contribution in [1.29, 1.82) is 0 Å². The monoisotopic (exact) mass is 428 g/mol. The Hall–Kier alpha value is -2.35. The van der Waals surface area contributed by atoms with E-state index in [2.05, 4.69) is 35.6 Å². The molecular weight excluding hydrogens is 392 g/mol. The van der Waals surface area contributed by atoms with Crippen molar-refractivity contribution in [2.75, 3.05) is 28.8 Å². The van der Waals surface area contributed by atoms with Crippen LogP contribution in [0.3, 0.4) is 0 Å². The molecule has 2 aromatic carbocycles. The zero-order valence-electron chi connectivity index (χ0n) is 18.2. The van der Waals surface area contributed by atoms with Crippen LogP contribution >= 0.6 is 12.2 Å². The first-order chi connectivity index (χ1) is 14.7. The quantitative estimate of drug-likeness (QED) is 0.159. The van der Waals surface area contributed by atoms with Crippen molar-refractivity contribution in [1.82, 2.24) is 10.9 Å². The first kappa shape index (κ1) is 23.9. The number of nitrogens with one attached hydrogen (secondary N) is 4. The van der Waals surface area contributed by atoms with Crippen LogP contribution in [-0.2, 0) is 0 Å². The third-order valence-corrected chi connectivity index (χ3v) is 4.93. The van der Waals surface area contributed by atoms with Gasteiger partial charge in [-0.25, -0.2) is 10.9 Å². The number of hydrogen-bond donors (Lipinski definition) is 5. The van der Waals surface area contributed by atoms with Gasteiger partial charge in [0.05, 0.1) is 0 Å². The van der Waals surface area contributed by atoms with Crippen LogP contribution in [-0.4, -0.2) is 18.2 Å². The van der Waals surface area contributed by atoms with Crippen molar-refractivity contribution in [2.45, 2.75) is 52.4 Å². The first-order valence-electron chi connectivity index (χ1n) is 10.9. The average molecular weight is 429 g/mol. The maximum atomic E-state index is 6.03. The van der Waals surface area contributed by atoms with Crippen molar-refractivity contribution in [3.05, 3.63) is 48.5 Å². The molecule has 0 fully saturated rings. The van der Waals surface area contributed by atoms with E-state index in [-0.39, 0.29) is 0 Å². The van der Waals surface area contributed by atoms with Gasteiger partial charge >= 0.3 is 0 Å². The van der Waals surface area contributed by atoms with Gasteiger partial charge in [0.15, 0.2) is 5.11 Å². The molecule has 6 N–H and O–H groups in total. The Morgan fingerprint density at radius 1 is 0.733 bits per heavy atom. The fourth-order valence-electron chi connectivity index (χ4n) is 3.05. The predicted octanol–water partition coefficient (Wildman–Crippen LogP) is 5.28. The van der Waals surface area contributed by atoms with Crippen LogP contribution in [0.2, 0.25) is 0 Å². The van der Waals surface area contributed by atoms with Crippen LogP contribution in [0, 0.1) is 0 Å². The van der Waals surface area contributed by atoms with E-state index < -0.39 is 0 Å². The number of benzene rings is 2. The Labute approximate surface area is 186 Å². The molecular formula is C23H36N6S. The molecule has 164 valence electrons. The van der Waals surface area contributed by atoms with Gasteiger partial charge in [-0.2, -0.15) is 0 Å². The number of hydrogen-bond acceptors (Lipinski definition) is 5. The van der Waals surface area contributed by atoms with Crippen molar-refractivity contribution in [2.24, 2.45) is 5.73 Å². The number of anilines is 4. The van der Waals surface area contributed by atoms with Gasteiger partial charge < -0.3 is 16.6 Å². The number of unbranched alkanes of at least 4 members (excludes halogenated alkanes) is 4. The van der Waals surface area contributed by atoms with Gasteiger partial charge in [-0.05, 0) is 73.6 Å². The summed E-state index contributed by atoms with van der Waals surface area (Å²) < 4.78 is 0. The Morgan fingerprint density at radius 2 is 1.13 bits per heavy atom. The van der Waals surface area contributed by atoms with E-state index in [1.54, 1.807) is 0 Å². The van der Waals surface area contributed by atoms with Crippen LogP contribution in [0.4, 0.5) is 22.7 Å². The predicted molar refractivity (Wildman–Crippen MR) is 134 cm³/mol. The first-order valence-corrected chi connectivity index (χ1v) is 11.3. The topological polar surface area (TPSA) is 77.4 Å². The zero-order chi connectivity index (χ0) is 21.6. The largest absolute Gasteiger partial charge is 0.376 e. The highest BCUT2D eigenvalue weighted by Crippen LogP contribution is 2.27. The van der Waals surface area contributed by atoms with Crippen LogP contribution in [0.15, 0.2) is 48.5 Å². The van der Waals surface area contributed by atoms with Gasteiger partial charge in [-0.3, -0.25) is 4.90 Å². The molecule has 6 nitrogen and oxygen atoms in total. The SMILES string of the molecule is CCCCCNNc1ccc(N(C(N)=S)c2ccc(NNCCCCC)cc2)cc1. The van der Waals surface area contributed by atoms with Gasteiger partial charge in [0, 0.05) is 35.8 Å². The van der Waals surface area contributed by atoms with E-state index in [0.29, 0.717) is 5.11 Å². The normalized spacial score (nSPS) is 10.6.